The molecule has 0 N–H and O–H groups in total. The average molecular weight is 441 g/mol. The van der Waals surface area contributed by atoms with E-state index in [-0.39, 0.29) is 0 Å². The fraction of sp³-hybridized carbons (Fsp3) is 0.103. The molecule has 160 valence electrons. The summed E-state index contributed by atoms with van der Waals surface area (Å²) >= 11 is 0. The van der Waals surface area contributed by atoms with E-state index in [0.717, 1.165) is 11.6 Å². The molecule has 6 heterocycles. The van der Waals surface area contributed by atoms with Crippen molar-refractivity contribution in [1.29, 1.82) is 0 Å². The summed E-state index contributed by atoms with van der Waals surface area (Å²) in [6, 6.07) is 28.4. The van der Waals surface area contributed by atoms with Crippen molar-refractivity contribution in [3.05, 3.63) is 108 Å². The first-order valence-corrected chi connectivity index (χ1v) is 11.7. The second-order valence-corrected chi connectivity index (χ2v) is 9.59. The van der Waals surface area contributed by atoms with Crippen molar-refractivity contribution in [2.24, 2.45) is 0 Å². The van der Waals surface area contributed by atoms with Crippen LogP contribution in [0.25, 0.3) is 33.2 Å². The largest absolute Gasteiger partial charge is 0.449 e. The molecule has 0 aliphatic carbocycles. The third kappa shape index (κ3) is 1.54. The van der Waals surface area contributed by atoms with Crippen LogP contribution in [0.1, 0.15) is 22.5 Å². The van der Waals surface area contributed by atoms with Crippen LogP contribution in [0.2, 0.25) is 0 Å². The summed E-state index contributed by atoms with van der Waals surface area (Å²) in [5.74, 6) is 1.77. The Labute approximate surface area is 195 Å². The Morgan fingerprint density at radius 1 is 0.794 bits per heavy atom. The van der Waals surface area contributed by atoms with Gasteiger partial charge in [0.2, 0.25) is 5.69 Å². The zero-order valence-corrected chi connectivity index (χ0v) is 18.8. The summed E-state index contributed by atoms with van der Waals surface area (Å²) in [4.78, 5) is 0. The summed E-state index contributed by atoms with van der Waals surface area (Å²) in [7, 11) is 0. The molecule has 1 spiro atoms. The van der Waals surface area contributed by atoms with Crippen molar-refractivity contribution in [1.82, 2.24) is 9.25 Å². The Kier molecular flexibility index (Phi) is 2.64. The number of rotatable bonds is 0. The SMILES string of the molecule is Cc1cc(C)[n+]2n1-c1cccc3c1C21c2c(ccc4c5ccccc5n-3c24)Oc2cccc[n+]21. The van der Waals surface area contributed by atoms with E-state index in [1.165, 1.54) is 55.7 Å². The van der Waals surface area contributed by atoms with Gasteiger partial charge in [-0.15, -0.1) is 4.68 Å². The van der Waals surface area contributed by atoms with Crippen molar-refractivity contribution in [2.45, 2.75) is 19.5 Å². The van der Waals surface area contributed by atoms with E-state index < -0.39 is 5.66 Å². The molecule has 0 radical (unpaired) electrons. The highest BCUT2D eigenvalue weighted by Crippen LogP contribution is 2.54. The van der Waals surface area contributed by atoms with Gasteiger partial charge in [-0.25, -0.2) is 0 Å². The van der Waals surface area contributed by atoms with Crippen LogP contribution in [0.3, 0.4) is 0 Å². The number of hydrogen-bond acceptors (Lipinski definition) is 1. The van der Waals surface area contributed by atoms with Gasteiger partial charge in [-0.3, -0.25) is 0 Å². The Balaban J connectivity index is 1.67. The number of pyridine rings is 1. The predicted molar refractivity (Wildman–Crippen MR) is 128 cm³/mol. The Bertz CT molecular complexity index is 1920. The maximum Gasteiger partial charge on any atom is 0.449 e. The molecule has 0 fully saturated rings. The van der Waals surface area contributed by atoms with E-state index in [2.05, 4.69) is 117 Å². The lowest BCUT2D eigenvalue weighted by Crippen LogP contribution is -2.76. The molecular weight excluding hydrogens is 420 g/mol. The minimum Gasteiger partial charge on any atom is -0.404 e. The quantitative estimate of drug-likeness (QED) is 0.311. The van der Waals surface area contributed by atoms with Gasteiger partial charge in [-0.1, -0.05) is 28.8 Å². The number of aryl methyl sites for hydroxylation is 2. The van der Waals surface area contributed by atoms with Crippen LogP contribution in [0, 0.1) is 13.8 Å². The van der Waals surface area contributed by atoms with Crippen LogP contribution in [0.15, 0.2) is 85.1 Å². The summed E-state index contributed by atoms with van der Waals surface area (Å²) in [6.07, 6.45) is 2.17. The molecule has 9 rings (SSSR count). The molecule has 1 unspecified atom stereocenters. The van der Waals surface area contributed by atoms with Gasteiger partial charge in [0.1, 0.15) is 5.69 Å². The molecule has 0 saturated carbocycles. The highest BCUT2D eigenvalue weighted by atomic mass is 16.5. The Morgan fingerprint density at radius 3 is 2.59 bits per heavy atom. The van der Waals surface area contributed by atoms with Crippen LogP contribution in [0.5, 0.6) is 11.6 Å². The lowest BCUT2D eigenvalue weighted by Gasteiger charge is -2.31. The highest BCUT2D eigenvalue weighted by molar-refractivity contribution is 6.12. The number of ether oxygens (including phenoxy) is 1. The Hall–Kier alpha value is -4.38. The van der Waals surface area contributed by atoms with Crippen LogP contribution in [-0.4, -0.2) is 9.25 Å². The maximum absolute atomic E-state index is 6.59. The number of benzene rings is 3. The third-order valence-corrected chi connectivity index (χ3v) is 7.96. The molecule has 3 aliphatic heterocycles. The monoisotopic (exact) mass is 440 g/mol. The first kappa shape index (κ1) is 17.1. The van der Waals surface area contributed by atoms with Crippen LogP contribution in [0.4, 0.5) is 0 Å². The average Bonchev–Trinajstić information content (AvgIpc) is 3.47. The molecule has 34 heavy (non-hydrogen) atoms. The van der Waals surface area contributed by atoms with Crippen molar-refractivity contribution >= 4 is 21.8 Å². The smallest absolute Gasteiger partial charge is 0.404 e. The minimum absolute atomic E-state index is 0.571. The molecule has 3 aromatic heterocycles. The van der Waals surface area contributed by atoms with Crippen LogP contribution < -0.4 is 14.0 Å². The van der Waals surface area contributed by atoms with E-state index >= 15 is 0 Å². The van der Waals surface area contributed by atoms with Crippen LogP contribution in [-0.2, 0) is 5.66 Å². The number of aromatic nitrogens is 4. The minimum atomic E-state index is -0.571. The van der Waals surface area contributed by atoms with E-state index in [1.807, 2.05) is 0 Å². The maximum atomic E-state index is 6.59. The molecule has 5 heteroatoms. The normalized spacial score (nSPS) is 18.1. The lowest BCUT2D eigenvalue weighted by atomic mass is 9.83. The fourth-order valence-electron chi connectivity index (χ4n) is 6.97. The Morgan fingerprint density at radius 2 is 1.65 bits per heavy atom. The van der Waals surface area contributed by atoms with Gasteiger partial charge in [0.05, 0.1) is 28.5 Å². The van der Waals surface area contributed by atoms with Crippen LogP contribution >= 0.6 is 0 Å². The van der Waals surface area contributed by atoms with E-state index in [1.54, 1.807) is 0 Å². The van der Waals surface area contributed by atoms with Gasteiger partial charge in [0.15, 0.2) is 23.1 Å². The number of nitrogens with zero attached hydrogens (tertiary/aromatic N) is 4. The summed E-state index contributed by atoms with van der Waals surface area (Å²) < 4.78 is 16.2. The first-order chi connectivity index (χ1) is 16.7. The molecule has 6 aromatic rings. The standard InChI is InChI=1S/C29H20N4O/c1-17-16-18(2)33-29-26-22(10-7-11-23(26)32(17)33)31-21-9-4-3-8-19(21)20-13-14-24(27(29)28(20)31)34-25-12-5-6-15-30(25)29/h3-16H,1-2H3/q+2. The predicted octanol–water partition coefficient (Wildman–Crippen LogP) is 4.80. The molecule has 0 bridgehead atoms. The van der Waals surface area contributed by atoms with Crippen molar-refractivity contribution < 1.29 is 14.0 Å². The molecule has 0 saturated heterocycles. The third-order valence-electron chi connectivity index (χ3n) is 7.96. The second kappa shape index (κ2) is 5.23. The fourth-order valence-corrected chi connectivity index (χ4v) is 6.97. The van der Waals surface area contributed by atoms with Crippen molar-refractivity contribution in [3.8, 4) is 23.0 Å². The lowest BCUT2D eigenvalue weighted by molar-refractivity contribution is -0.999. The summed E-state index contributed by atoms with van der Waals surface area (Å²) in [5, 5.41) is 2.53. The topological polar surface area (TPSA) is 26.8 Å². The number of hydrogen-bond donors (Lipinski definition) is 0. The van der Waals surface area contributed by atoms with Gasteiger partial charge < -0.3 is 9.30 Å². The highest BCUT2D eigenvalue weighted by Gasteiger charge is 2.71. The molecular formula is C29H20N4O+2. The van der Waals surface area contributed by atoms with E-state index in [9.17, 15) is 0 Å². The molecule has 0 amide bonds. The van der Waals surface area contributed by atoms with Gasteiger partial charge >= 0.3 is 11.5 Å². The molecule has 5 nitrogen and oxygen atoms in total. The number of fused-ring (bicyclic) bond motifs is 7. The van der Waals surface area contributed by atoms with Gasteiger partial charge in [-0.05, 0) is 48.0 Å². The van der Waals surface area contributed by atoms with Gasteiger partial charge in [-0.2, -0.15) is 0 Å². The molecule has 3 aliphatic rings. The van der Waals surface area contributed by atoms with Gasteiger partial charge in [0, 0.05) is 29.8 Å². The summed E-state index contributed by atoms with van der Waals surface area (Å²) in [5.41, 5.74) is 9.28. The molecule has 3 aromatic carbocycles. The zero-order chi connectivity index (χ0) is 22.3. The zero-order valence-electron chi connectivity index (χ0n) is 18.8. The molecule has 1 atom stereocenters. The first-order valence-electron chi connectivity index (χ1n) is 11.7. The van der Waals surface area contributed by atoms with E-state index in [4.69, 9.17) is 4.74 Å². The van der Waals surface area contributed by atoms with Crippen molar-refractivity contribution in [3.63, 3.8) is 0 Å². The summed E-state index contributed by atoms with van der Waals surface area (Å²) in [6.45, 7) is 4.41. The van der Waals surface area contributed by atoms with Gasteiger partial charge in [0.25, 0.3) is 0 Å². The second-order valence-electron chi connectivity index (χ2n) is 9.59. The van der Waals surface area contributed by atoms with E-state index in [0.29, 0.717) is 0 Å². The number of para-hydroxylation sites is 1. The van der Waals surface area contributed by atoms with Crippen molar-refractivity contribution in [2.75, 3.05) is 0 Å².